The van der Waals surface area contributed by atoms with Crippen molar-refractivity contribution in [3.8, 4) is 0 Å². The maximum Gasteiger partial charge on any atom is 0.335 e. The number of carboxylic acids is 1. The Labute approximate surface area is 120 Å². The van der Waals surface area contributed by atoms with Gasteiger partial charge in [0.05, 0.1) is 21.3 Å². The molecule has 3 nitrogen and oxygen atoms in total. The van der Waals surface area contributed by atoms with Crippen LogP contribution >= 0.6 is 23.2 Å². The zero-order chi connectivity index (χ0) is 14.0. The Morgan fingerprint density at radius 2 is 1.89 bits per heavy atom. The minimum Gasteiger partial charge on any atom is -0.478 e. The van der Waals surface area contributed by atoms with Crippen LogP contribution in [0.2, 0.25) is 10.0 Å². The molecule has 0 amide bonds. The average Bonchev–Trinajstić information content (AvgIpc) is 2.37. The van der Waals surface area contributed by atoms with Crippen LogP contribution in [0.25, 0.3) is 0 Å². The highest BCUT2D eigenvalue weighted by atomic mass is 35.5. The molecule has 0 unspecified atom stereocenters. The van der Waals surface area contributed by atoms with E-state index < -0.39 is 5.97 Å². The number of rotatable bonds is 3. The molecule has 0 fully saturated rings. The van der Waals surface area contributed by atoms with Crippen LogP contribution in [0.15, 0.2) is 36.4 Å². The third-order valence-corrected chi connectivity index (χ3v) is 3.51. The van der Waals surface area contributed by atoms with Crippen molar-refractivity contribution in [1.29, 1.82) is 0 Å². The van der Waals surface area contributed by atoms with Crippen molar-refractivity contribution in [2.45, 2.75) is 6.92 Å². The molecule has 0 aliphatic rings. The number of carbonyl (C=O) groups is 1. The normalized spacial score (nSPS) is 10.3. The molecule has 0 aliphatic heterocycles. The molecule has 2 aromatic carbocycles. The zero-order valence-electron chi connectivity index (χ0n) is 10.1. The molecule has 5 heteroatoms. The second-order valence-electron chi connectivity index (χ2n) is 4.06. The van der Waals surface area contributed by atoms with Gasteiger partial charge >= 0.3 is 5.97 Å². The van der Waals surface area contributed by atoms with E-state index in [1.807, 2.05) is 6.92 Å². The Balaban J connectivity index is 2.34. The van der Waals surface area contributed by atoms with Gasteiger partial charge in [0.15, 0.2) is 0 Å². The molecule has 2 rings (SSSR count). The second kappa shape index (κ2) is 5.51. The summed E-state index contributed by atoms with van der Waals surface area (Å²) in [7, 11) is 0. The topological polar surface area (TPSA) is 49.3 Å². The number of aryl methyl sites for hydroxylation is 1. The van der Waals surface area contributed by atoms with E-state index in [9.17, 15) is 4.79 Å². The maximum absolute atomic E-state index is 10.9. The van der Waals surface area contributed by atoms with Crippen LogP contribution in [-0.2, 0) is 0 Å². The summed E-state index contributed by atoms with van der Waals surface area (Å²) in [5.74, 6) is -0.949. The summed E-state index contributed by atoms with van der Waals surface area (Å²) in [6.07, 6.45) is 0. The molecule has 0 spiro atoms. The zero-order valence-corrected chi connectivity index (χ0v) is 11.6. The molecule has 0 atom stereocenters. The van der Waals surface area contributed by atoms with Crippen molar-refractivity contribution < 1.29 is 9.90 Å². The number of nitrogens with one attached hydrogen (secondary N) is 1. The Morgan fingerprint density at radius 3 is 2.53 bits per heavy atom. The first-order valence-corrected chi connectivity index (χ1v) is 6.29. The quantitative estimate of drug-likeness (QED) is 0.859. The summed E-state index contributed by atoms with van der Waals surface area (Å²) in [5.41, 5.74) is 2.53. The largest absolute Gasteiger partial charge is 0.478 e. The summed E-state index contributed by atoms with van der Waals surface area (Å²) in [6.45, 7) is 1.83. The van der Waals surface area contributed by atoms with Crippen LogP contribution in [0.4, 0.5) is 11.4 Å². The van der Waals surface area contributed by atoms with Gasteiger partial charge in [-0.1, -0.05) is 29.3 Å². The number of halogens is 2. The highest BCUT2D eigenvalue weighted by Crippen LogP contribution is 2.32. The van der Waals surface area contributed by atoms with E-state index in [4.69, 9.17) is 28.3 Å². The molecule has 0 aromatic heterocycles. The van der Waals surface area contributed by atoms with Gasteiger partial charge in [-0.05, 0) is 42.8 Å². The van der Waals surface area contributed by atoms with Gasteiger partial charge in [-0.2, -0.15) is 0 Å². The molecule has 0 aliphatic carbocycles. The number of hydrogen-bond donors (Lipinski definition) is 2. The van der Waals surface area contributed by atoms with Gasteiger partial charge in [-0.15, -0.1) is 0 Å². The molecule has 19 heavy (non-hydrogen) atoms. The first kappa shape index (κ1) is 13.7. The lowest BCUT2D eigenvalue weighted by Gasteiger charge is -2.12. The van der Waals surface area contributed by atoms with Crippen molar-refractivity contribution in [2.24, 2.45) is 0 Å². The van der Waals surface area contributed by atoms with Crippen molar-refractivity contribution in [3.63, 3.8) is 0 Å². The maximum atomic E-state index is 10.9. The fourth-order valence-electron chi connectivity index (χ4n) is 1.68. The fraction of sp³-hybridized carbons (Fsp3) is 0.0714. The average molecular weight is 296 g/mol. The number of aromatic carboxylic acids is 1. The van der Waals surface area contributed by atoms with Crippen LogP contribution in [-0.4, -0.2) is 11.1 Å². The SMILES string of the molecule is Cc1cc(C(=O)O)ccc1Nc1cccc(Cl)c1Cl. The minimum atomic E-state index is -0.949. The Kier molecular flexibility index (Phi) is 3.98. The van der Waals surface area contributed by atoms with E-state index in [1.54, 1.807) is 30.3 Å². The highest BCUT2D eigenvalue weighted by molar-refractivity contribution is 6.43. The highest BCUT2D eigenvalue weighted by Gasteiger charge is 2.08. The van der Waals surface area contributed by atoms with Crippen molar-refractivity contribution in [2.75, 3.05) is 5.32 Å². The molecule has 2 aromatic rings. The standard InChI is InChI=1S/C14H11Cl2NO2/c1-8-7-9(14(18)19)5-6-11(8)17-12-4-2-3-10(15)13(12)16/h2-7,17H,1H3,(H,18,19). The summed E-state index contributed by atoms with van der Waals surface area (Å²) in [6, 6.07) is 10.1. The van der Waals surface area contributed by atoms with E-state index in [0.29, 0.717) is 15.7 Å². The summed E-state index contributed by atoms with van der Waals surface area (Å²) in [5, 5.41) is 12.9. The molecular weight excluding hydrogens is 285 g/mol. The first-order chi connectivity index (χ1) is 8.99. The Bertz CT molecular complexity index is 641. The number of benzene rings is 2. The van der Waals surface area contributed by atoms with Crippen LogP contribution in [0.1, 0.15) is 15.9 Å². The first-order valence-electron chi connectivity index (χ1n) is 5.54. The number of carboxylic acid groups (broad SMARTS) is 1. The molecule has 0 bridgehead atoms. The Morgan fingerprint density at radius 1 is 1.16 bits per heavy atom. The van der Waals surface area contributed by atoms with Crippen molar-refractivity contribution >= 4 is 40.5 Å². The van der Waals surface area contributed by atoms with E-state index in [2.05, 4.69) is 5.32 Å². The lowest BCUT2D eigenvalue weighted by atomic mass is 10.1. The summed E-state index contributed by atoms with van der Waals surface area (Å²) >= 11 is 12.0. The molecule has 2 N–H and O–H groups in total. The number of anilines is 2. The van der Waals surface area contributed by atoms with Gasteiger partial charge in [0.1, 0.15) is 0 Å². The van der Waals surface area contributed by atoms with Crippen LogP contribution in [0, 0.1) is 6.92 Å². The third-order valence-electron chi connectivity index (χ3n) is 2.69. The summed E-state index contributed by atoms with van der Waals surface area (Å²) in [4.78, 5) is 10.9. The van der Waals surface area contributed by atoms with E-state index in [-0.39, 0.29) is 5.56 Å². The van der Waals surface area contributed by atoms with Crippen LogP contribution in [0.3, 0.4) is 0 Å². The van der Waals surface area contributed by atoms with Crippen LogP contribution < -0.4 is 5.32 Å². The van der Waals surface area contributed by atoms with Gasteiger partial charge in [0.2, 0.25) is 0 Å². The van der Waals surface area contributed by atoms with Gasteiger partial charge in [0, 0.05) is 5.69 Å². The van der Waals surface area contributed by atoms with Crippen molar-refractivity contribution in [1.82, 2.24) is 0 Å². The van der Waals surface area contributed by atoms with Gasteiger partial charge < -0.3 is 10.4 Å². The van der Waals surface area contributed by atoms with Crippen molar-refractivity contribution in [3.05, 3.63) is 57.6 Å². The summed E-state index contributed by atoms with van der Waals surface area (Å²) < 4.78 is 0. The lowest BCUT2D eigenvalue weighted by molar-refractivity contribution is 0.0697. The molecule has 98 valence electrons. The molecule has 0 saturated carbocycles. The van der Waals surface area contributed by atoms with Gasteiger partial charge in [-0.25, -0.2) is 4.79 Å². The van der Waals surface area contributed by atoms with Gasteiger partial charge in [-0.3, -0.25) is 0 Å². The lowest BCUT2D eigenvalue weighted by Crippen LogP contribution is -1.99. The fourth-order valence-corrected chi connectivity index (χ4v) is 2.03. The monoisotopic (exact) mass is 295 g/mol. The molecule has 0 radical (unpaired) electrons. The second-order valence-corrected chi connectivity index (χ2v) is 4.85. The Hall–Kier alpha value is -1.71. The van der Waals surface area contributed by atoms with E-state index >= 15 is 0 Å². The minimum absolute atomic E-state index is 0.250. The third kappa shape index (κ3) is 3.00. The van der Waals surface area contributed by atoms with Gasteiger partial charge in [0.25, 0.3) is 0 Å². The molecule has 0 saturated heterocycles. The van der Waals surface area contributed by atoms with Crippen LogP contribution in [0.5, 0.6) is 0 Å². The van der Waals surface area contributed by atoms with E-state index in [1.165, 1.54) is 6.07 Å². The van der Waals surface area contributed by atoms with E-state index in [0.717, 1.165) is 11.3 Å². The predicted molar refractivity (Wildman–Crippen MR) is 77.9 cm³/mol. The number of hydrogen-bond acceptors (Lipinski definition) is 2. The molecule has 0 heterocycles. The smallest absolute Gasteiger partial charge is 0.335 e. The molecular formula is C14H11Cl2NO2. The predicted octanol–water partition coefficient (Wildman–Crippen LogP) is 4.74.